The van der Waals surface area contributed by atoms with E-state index in [2.05, 4.69) is 21.1 Å². The number of aromatic nitrogens is 1. The van der Waals surface area contributed by atoms with Crippen LogP contribution in [-0.2, 0) is 10.3 Å². The van der Waals surface area contributed by atoms with Crippen molar-refractivity contribution in [2.45, 2.75) is 25.4 Å². The van der Waals surface area contributed by atoms with E-state index in [-0.39, 0.29) is 5.75 Å². The van der Waals surface area contributed by atoms with Crippen molar-refractivity contribution in [1.29, 1.82) is 0 Å². The number of morpholine rings is 1. The molecule has 1 fully saturated rings. The zero-order valence-electron chi connectivity index (χ0n) is 16.5. The summed E-state index contributed by atoms with van der Waals surface area (Å²) in [6.07, 6.45) is 3.02. The van der Waals surface area contributed by atoms with E-state index in [4.69, 9.17) is 10.5 Å². The number of halogens is 2. The first kappa shape index (κ1) is 20.4. The Balaban J connectivity index is 1.80. The highest BCUT2D eigenvalue weighted by Crippen LogP contribution is 2.39. The van der Waals surface area contributed by atoms with Crippen LogP contribution in [-0.4, -0.2) is 30.9 Å². The molecular formula is C23H23F2N3O2. The molecule has 2 unspecified atom stereocenters. The average Bonchev–Trinajstić information content (AvgIpc) is 2.75. The predicted octanol–water partition coefficient (Wildman–Crippen LogP) is 3.81. The lowest BCUT2D eigenvalue weighted by atomic mass is 9.83. The molecule has 2 heterocycles. The lowest BCUT2D eigenvalue weighted by molar-refractivity contribution is -0.0931. The molecule has 7 heteroatoms. The molecule has 1 saturated heterocycles. The van der Waals surface area contributed by atoms with Gasteiger partial charge in [0.2, 0.25) is 0 Å². The summed E-state index contributed by atoms with van der Waals surface area (Å²) in [5, 5.41) is 3.33. The van der Waals surface area contributed by atoms with Crippen molar-refractivity contribution in [3.8, 4) is 16.9 Å². The minimum absolute atomic E-state index is 0.140. The number of ether oxygens (including phenoxy) is 2. The van der Waals surface area contributed by atoms with Gasteiger partial charge in [0.25, 0.3) is 0 Å². The molecule has 3 N–H and O–H groups in total. The summed E-state index contributed by atoms with van der Waals surface area (Å²) >= 11 is 0. The first-order valence-corrected chi connectivity index (χ1v) is 9.69. The van der Waals surface area contributed by atoms with Crippen molar-refractivity contribution >= 4 is 0 Å². The van der Waals surface area contributed by atoms with E-state index in [1.807, 2.05) is 36.4 Å². The third-order valence-electron chi connectivity index (χ3n) is 5.25. The van der Waals surface area contributed by atoms with Crippen LogP contribution in [0.3, 0.4) is 0 Å². The maximum absolute atomic E-state index is 12.7. The van der Waals surface area contributed by atoms with Crippen molar-refractivity contribution in [1.82, 2.24) is 10.3 Å². The molecule has 4 rings (SSSR count). The van der Waals surface area contributed by atoms with Gasteiger partial charge in [0.15, 0.2) is 0 Å². The van der Waals surface area contributed by atoms with E-state index in [0.29, 0.717) is 18.7 Å². The minimum Gasteiger partial charge on any atom is -0.435 e. The van der Waals surface area contributed by atoms with Gasteiger partial charge in [-0.1, -0.05) is 30.3 Å². The molecule has 0 spiro atoms. The van der Waals surface area contributed by atoms with Gasteiger partial charge in [-0.3, -0.25) is 4.98 Å². The van der Waals surface area contributed by atoms with E-state index in [0.717, 1.165) is 22.3 Å². The van der Waals surface area contributed by atoms with Crippen LogP contribution in [0, 0.1) is 6.92 Å². The van der Waals surface area contributed by atoms with Gasteiger partial charge < -0.3 is 20.5 Å². The summed E-state index contributed by atoms with van der Waals surface area (Å²) in [4.78, 5) is 4.20. The quantitative estimate of drug-likeness (QED) is 0.668. The summed E-state index contributed by atoms with van der Waals surface area (Å²) in [6.45, 7) is -0.126. The number of hydrogen-bond donors (Lipinski definition) is 2. The second-order valence-electron chi connectivity index (χ2n) is 7.30. The van der Waals surface area contributed by atoms with Crippen LogP contribution in [0.15, 0.2) is 67.0 Å². The molecule has 30 heavy (non-hydrogen) atoms. The Hall–Kier alpha value is -2.87. The van der Waals surface area contributed by atoms with Crippen LogP contribution >= 0.6 is 0 Å². The minimum atomic E-state index is -2.87. The Morgan fingerprint density at radius 2 is 1.93 bits per heavy atom. The zero-order valence-corrected chi connectivity index (χ0v) is 16.5. The molecule has 0 bridgehead atoms. The molecule has 0 aliphatic carbocycles. The summed E-state index contributed by atoms with van der Waals surface area (Å²) in [7, 11) is 0. The van der Waals surface area contributed by atoms with Gasteiger partial charge >= 0.3 is 6.61 Å². The number of nitrogens with zero attached hydrogens (tertiary/aromatic N) is 1. The zero-order chi connectivity index (χ0) is 21.1. The molecule has 1 aliphatic rings. The molecule has 1 aliphatic heterocycles. The van der Waals surface area contributed by atoms with Crippen molar-refractivity contribution in [3.63, 3.8) is 0 Å². The lowest BCUT2D eigenvalue weighted by Gasteiger charge is -2.41. The number of rotatable bonds is 5. The van der Waals surface area contributed by atoms with E-state index < -0.39 is 18.4 Å². The summed E-state index contributed by atoms with van der Waals surface area (Å²) in [5.74, 6) is 0.140. The fourth-order valence-corrected chi connectivity index (χ4v) is 3.85. The van der Waals surface area contributed by atoms with E-state index >= 15 is 0 Å². The SMILES string of the molecule is Cc1cc(C2(c3cccc(-c4cccnc4)c3)CNCC(N)O2)ccc1OC(F)F. The van der Waals surface area contributed by atoms with Crippen LogP contribution < -0.4 is 15.8 Å². The second-order valence-corrected chi connectivity index (χ2v) is 7.30. The fraction of sp³-hybridized carbons (Fsp3) is 0.261. The first-order valence-electron chi connectivity index (χ1n) is 9.69. The first-order chi connectivity index (χ1) is 14.5. The largest absolute Gasteiger partial charge is 0.435 e. The van der Waals surface area contributed by atoms with Gasteiger partial charge in [-0.25, -0.2) is 0 Å². The number of aryl methyl sites for hydroxylation is 1. The summed E-state index contributed by atoms with van der Waals surface area (Å²) in [5.41, 5.74) is 9.58. The van der Waals surface area contributed by atoms with Crippen molar-refractivity contribution in [2.24, 2.45) is 5.73 Å². The standard InChI is InChI=1S/C23H23F2N3O2/c1-15-10-19(7-8-20(15)29-22(24)25)23(14-28-13-21(26)30-23)18-6-2-4-16(11-18)17-5-3-9-27-12-17/h2-12,21-22,28H,13-14,26H2,1H3. The second kappa shape index (κ2) is 8.47. The molecular weight excluding hydrogens is 388 g/mol. The molecule has 0 saturated carbocycles. The highest BCUT2D eigenvalue weighted by atomic mass is 19.3. The van der Waals surface area contributed by atoms with Gasteiger partial charge in [-0.2, -0.15) is 8.78 Å². The molecule has 5 nitrogen and oxygen atoms in total. The van der Waals surface area contributed by atoms with Crippen LogP contribution in [0.5, 0.6) is 5.75 Å². The number of pyridine rings is 1. The Kier molecular flexibility index (Phi) is 5.76. The highest BCUT2D eigenvalue weighted by molar-refractivity contribution is 5.64. The van der Waals surface area contributed by atoms with E-state index in [1.165, 1.54) is 0 Å². The van der Waals surface area contributed by atoms with Gasteiger partial charge in [0, 0.05) is 25.5 Å². The van der Waals surface area contributed by atoms with Gasteiger partial charge in [0.05, 0.1) is 0 Å². The van der Waals surface area contributed by atoms with Crippen LogP contribution in [0.2, 0.25) is 0 Å². The lowest BCUT2D eigenvalue weighted by Crippen LogP contribution is -2.55. The van der Waals surface area contributed by atoms with Crippen LogP contribution in [0.1, 0.15) is 16.7 Å². The van der Waals surface area contributed by atoms with E-state index in [9.17, 15) is 8.78 Å². The van der Waals surface area contributed by atoms with Crippen LogP contribution in [0.4, 0.5) is 8.78 Å². The molecule has 0 radical (unpaired) electrons. The number of benzene rings is 2. The molecule has 156 valence electrons. The summed E-state index contributed by atoms with van der Waals surface area (Å²) in [6, 6.07) is 17.0. The number of hydrogen-bond acceptors (Lipinski definition) is 5. The van der Waals surface area contributed by atoms with Crippen molar-refractivity contribution in [3.05, 3.63) is 83.7 Å². The van der Waals surface area contributed by atoms with Crippen molar-refractivity contribution < 1.29 is 18.3 Å². The Labute approximate surface area is 173 Å². The smallest absolute Gasteiger partial charge is 0.387 e. The van der Waals surface area contributed by atoms with Gasteiger partial charge in [-0.05, 0) is 59.0 Å². The van der Waals surface area contributed by atoms with E-state index in [1.54, 1.807) is 31.5 Å². The number of nitrogens with one attached hydrogen (secondary N) is 1. The molecule has 2 atom stereocenters. The summed E-state index contributed by atoms with van der Waals surface area (Å²) < 4.78 is 36.3. The maximum Gasteiger partial charge on any atom is 0.387 e. The third kappa shape index (κ3) is 4.05. The van der Waals surface area contributed by atoms with Crippen molar-refractivity contribution in [2.75, 3.05) is 13.1 Å². The Morgan fingerprint density at radius 1 is 1.13 bits per heavy atom. The van der Waals surface area contributed by atoms with Crippen LogP contribution in [0.25, 0.3) is 11.1 Å². The fourth-order valence-electron chi connectivity index (χ4n) is 3.85. The molecule has 2 aromatic carbocycles. The van der Waals surface area contributed by atoms with Gasteiger partial charge in [0.1, 0.15) is 17.6 Å². The Morgan fingerprint density at radius 3 is 2.63 bits per heavy atom. The molecule has 3 aromatic rings. The predicted molar refractivity (Wildman–Crippen MR) is 110 cm³/mol. The highest BCUT2D eigenvalue weighted by Gasteiger charge is 2.40. The number of alkyl halides is 2. The normalized spacial score (nSPS) is 21.6. The average molecular weight is 411 g/mol. The monoisotopic (exact) mass is 411 g/mol. The maximum atomic E-state index is 12.7. The topological polar surface area (TPSA) is 69.4 Å². The number of nitrogens with two attached hydrogens (primary N) is 1. The third-order valence-corrected chi connectivity index (χ3v) is 5.25. The Bertz CT molecular complexity index is 1020. The molecule has 0 amide bonds. The van der Waals surface area contributed by atoms with Gasteiger partial charge in [-0.15, -0.1) is 0 Å². The molecule has 1 aromatic heterocycles.